The monoisotopic (exact) mass is 218 g/mol. The van der Waals surface area contributed by atoms with Gasteiger partial charge >= 0.3 is 0 Å². The van der Waals surface area contributed by atoms with Crippen LogP contribution in [0.1, 0.15) is 6.42 Å². The number of nitrogens with one attached hydrogen (secondary N) is 1. The van der Waals surface area contributed by atoms with E-state index in [4.69, 9.17) is 5.73 Å². The van der Waals surface area contributed by atoms with Crippen molar-refractivity contribution in [3.05, 3.63) is 12.7 Å². The SMILES string of the molecule is C=CC1CC1(N)P(=O)(O)CC(=O)NC. The van der Waals surface area contributed by atoms with E-state index in [0.29, 0.717) is 6.42 Å². The first kappa shape index (κ1) is 11.4. The van der Waals surface area contributed by atoms with E-state index in [-0.39, 0.29) is 5.92 Å². The minimum atomic E-state index is -3.62. The molecule has 1 aliphatic carbocycles. The maximum atomic E-state index is 11.8. The molecule has 1 rings (SSSR count). The fraction of sp³-hybridized carbons (Fsp3) is 0.625. The van der Waals surface area contributed by atoms with Crippen molar-refractivity contribution in [2.24, 2.45) is 11.7 Å². The largest absolute Gasteiger partial charge is 0.359 e. The van der Waals surface area contributed by atoms with Gasteiger partial charge in [0.1, 0.15) is 11.4 Å². The van der Waals surface area contributed by atoms with Crippen LogP contribution in [0.2, 0.25) is 0 Å². The third kappa shape index (κ3) is 1.75. The number of hydrogen-bond donors (Lipinski definition) is 3. The van der Waals surface area contributed by atoms with Gasteiger partial charge in [-0.05, 0) is 6.42 Å². The first-order valence-corrected chi connectivity index (χ1v) is 6.16. The number of carbonyl (C=O) groups excluding carboxylic acids is 1. The number of carbonyl (C=O) groups is 1. The first-order chi connectivity index (χ1) is 6.37. The molecule has 1 fully saturated rings. The van der Waals surface area contributed by atoms with Crippen LogP contribution in [-0.4, -0.2) is 29.3 Å². The van der Waals surface area contributed by atoms with Gasteiger partial charge < -0.3 is 15.9 Å². The van der Waals surface area contributed by atoms with Gasteiger partial charge in [0.05, 0.1) is 0 Å². The summed E-state index contributed by atoms with van der Waals surface area (Å²) in [4.78, 5) is 20.6. The minimum absolute atomic E-state index is 0.150. The summed E-state index contributed by atoms with van der Waals surface area (Å²) in [6, 6.07) is 0. The Morgan fingerprint density at radius 2 is 2.50 bits per heavy atom. The Morgan fingerprint density at radius 3 is 2.86 bits per heavy atom. The Bertz CT molecular complexity index is 318. The Kier molecular flexibility index (Phi) is 2.86. The van der Waals surface area contributed by atoms with Gasteiger partial charge in [0.15, 0.2) is 0 Å². The third-order valence-corrected chi connectivity index (χ3v) is 5.13. The molecule has 0 aromatic rings. The van der Waals surface area contributed by atoms with Crippen LogP contribution in [0.25, 0.3) is 0 Å². The van der Waals surface area contributed by atoms with Crippen LogP contribution in [-0.2, 0) is 9.36 Å². The second-order valence-corrected chi connectivity index (χ2v) is 6.12. The highest BCUT2D eigenvalue weighted by molar-refractivity contribution is 7.61. The lowest BCUT2D eigenvalue weighted by molar-refractivity contribution is -0.118. The summed E-state index contributed by atoms with van der Waals surface area (Å²) in [6.45, 7) is 3.52. The second-order valence-electron chi connectivity index (χ2n) is 3.57. The van der Waals surface area contributed by atoms with Gasteiger partial charge in [-0.15, -0.1) is 6.58 Å². The van der Waals surface area contributed by atoms with Crippen LogP contribution < -0.4 is 11.1 Å². The summed E-state index contributed by atoms with van der Waals surface area (Å²) in [6.07, 6.45) is 1.58. The summed E-state index contributed by atoms with van der Waals surface area (Å²) in [5.41, 5.74) is 5.72. The molecular weight excluding hydrogens is 203 g/mol. The fourth-order valence-corrected chi connectivity index (χ4v) is 3.35. The van der Waals surface area contributed by atoms with Crippen LogP contribution in [0.5, 0.6) is 0 Å². The number of amides is 1. The third-order valence-electron chi connectivity index (χ3n) is 2.60. The zero-order valence-corrected chi connectivity index (χ0v) is 8.96. The van der Waals surface area contributed by atoms with Crippen molar-refractivity contribution in [2.75, 3.05) is 13.2 Å². The number of hydrogen-bond acceptors (Lipinski definition) is 3. The molecule has 5 nitrogen and oxygen atoms in total. The molecule has 4 N–H and O–H groups in total. The second kappa shape index (κ2) is 3.50. The zero-order chi connectivity index (χ0) is 11.0. The van der Waals surface area contributed by atoms with Gasteiger partial charge in [-0.1, -0.05) is 6.08 Å². The maximum absolute atomic E-state index is 11.8. The van der Waals surface area contributed by atoms with Gasteiger partial charge in [0.25, 0.3) is 0 Å². The van der Waals surface area contributed by atoms with Crippen molar-refractivity contribution >= 4 is 13.3 Å². The molecule has 3 atom stereocenters. The van der Waals surface area contributed by atoms with Crippen molar-refractivity contribution in [1.29, 1.82) is 0 Å². The number of nitrogens with two attached hydrogens (primary N) is 1. The molecule has 6 heteroatoms. The van der Waals surface area contributed by atoms with E-state index < -0.39 is 24.7 Å². The Labute approximate surface area is 82.8 Å². The molecule has 3 unspecified atom stereocenters. The van der Waals surface area contributed by atoms with Crippen molar-refractivity contribution in [1.82, 2.24) is 5.32 Å². The van der Waals surface area contributed by atoms with Gasteiger partial charge in [-0.25, -0.2) is 0 Å². The van der Waals surface area contributed by atoms with E-state index in [2.05, 4.69) is 11.9 Å². The Balaban J connectivity index is 2.72. The highest BCUT2D eigenvalue weighted by Gasteiger charge is 2.61. The summed E-state index contributed by atoms with van der Waals surface area (Å²) in [5, 5.41) is 1.18. The lowest BCUT2D eigenvalue weighted by Gasteiger charge is -2.18. The van der Waals surface area contributed by atoms with Crippen LogP contribution in [0.4, 0.5) is 0 Å². The standard InChI is InChI=1S/C8H15N2O3P/c1-3-6-4-8(6,9)14(12,13)5-7(11)10-2/h3,6H,1,4-5,9H2,2H3,(H,10,11)(H,12,13). The molecule has 0 saturated heterocycles. The molecule has 0 heterocycles. The lowest BCUT2D eigenvalue weighted by atomic mass is 10.4. The smallest absolute Gasteiger partial charge is 0.229 e. The van der Waals surface area contributed by atoms with Crippen LogP contribution in [0.3, 0.4) is 0 Å². The molecule has 14 heavy (non-hydrogen) atoms. The average molecular weight is 218 g/mol. The molecule has 1 saturated carbocycles. The summed E-state index contributed by atoms with van der Waals surface area (Å²) >= 11 is 0. The number of rotatable bonds is 4. The van der Waals surface area contributed by atoms with E-state index in [1.165, 1.54) is 7.05 Å². The fourth-order valence-electron chi connectivity index (χ4n) is 1.40. The van der Waals surface area contributed by atoms with E-state index in [0.717, 1.165) is 0 Å². The zero-order valence-electron chi connectivity index (χ0n) is 8.06. The predicted octanol–water partition coefficient (Wildman–Crippen LogP) is -0.136. The highest BCUT2D eigenvalue weighted by atomic mass is 31.2. The van der Waals surface area contributed by atoms with Crippen molar-refractivity contribution in [3.8, 4) is 0 Å². The molecule has 80 valence electrons. The van der Waals surface area contributed by atoms with Crippen LogP contribution in [0, 0.1) is 5.92 Å². The lowest BCUT2D eigenvalue weighted by Crippen LogP contribution is -2.31. The van der Waals surface area contributed by atoms with Crippen molar-refractivity contribution in [2.45, 2.75) is 11.7 Å². The highest BCUT2D eigenvalue weighted by Crippen LogP contribution is 2.67. The van der Waals surface area contributed by atoms with Gasteiger partial charge in [-0.2, -0.15) is 0 Å². The Morgan fingerprint density at radius 1 is 1.93 bits per heavy atom. The van der Waals surface area contributed by atoms with E-state index in [1.807, 2.05) is 0 Å². The molecule has 0 aromatic carbocycles. The van der Waals surface area contributed by atoms with Crippen LogP contribution >= 0.6 is 7.37 Å². The molecule has 0 spiro atoms. The molecule has 0 radical (unpaired) electrons. The normalized spacial score (nSPS) is 34.4. The molecule has 1 amide bonds. The van der Waals surface area contributed by atoms with E-state index in [1.54, 1.807) is 6.08 Å². The van der Waals surface area contributed by atoms with Gasteiger partial charge in [0, 0.05) is 13.0 Å². The minimum Gasteiger partial charge on any atom is -0.359 e. The topological polar surface area (TPSA) is 92.4 Å². The van der Waals surface area contributed by atoms with E-state index >= 15 is 0 Å². The quantitative estimate of drug-likeness (QED) is 0.452. The predicted molar refractivity (Wildman–Crippen MR) is 54.0 cm³/mol. The molecular formula is C8H15N2O3P. The van der Waals surface area contributed by atoms with Gasteiger partial charge in [0.2, 0.25) is 13.3 Å². The average Bonchev–Trinajstić information content (AvgIpc) is 2.78. The molecule has 0 aliphatic heterocycles. The van der Waals surface area contributed by atoms with Crippen LogP contribution in [0.15, 0.2) is 12.7 Å². The van der Waals surface area contributed by atoms with Crippen molar-refractivity contribution in [3.63, 3.8) is 0 Å². The molecule has 1 aliphatic rings. The molecule has 0 aromatic heterocycles. The maximum Gasteiger partial charge on any atom is 0.229 e. The summed E-state index contributed by atoms with van der Waals surface area (Å²) in [5.74, 6) is -0.613. The van der Waals surface area contributed by atoms with Gasteiger partial charge in [-0.3, -0.25) is 9.36 Å². The summed E-state index contributed by atoms with van der Waals surface area (Å²) in [7, 11) is -2.20. The molecule has 0 bridgehead atoms. The van der Waals surface area contributed by atoms with E-state index in [9.17, 15) is 14.3 Å². The first-order valence-electron chi connectivity index (χ1n) is 4.31. The Hall–Kier alpha value is -0.640. The summed E-state index contributed by atoms with van der Waals surface area (Å²) < 4.78 is 11.8. The van der Waals surface area contributed by atoms with Crippen molar-refractivity contribution < 1.29 is 14.3 Å².